The van der Waals surface area contributed by atoms with E-state index in [2.05, 4.69) is 21.2 Å². The number of carbonyl (C=O) groups is 1. The Morgan fingerprint density at radius 3 is 2.53 bits per heavy atom. The van der Waals surface area contributed by atoms with Gasteiger partial charge in [-0.2, -0.15) is 0 Å². The van der Waals surface area contributed by atoms with Gasteiger partial charge in [-0.05, 0) is 34.8 Å². The van der Waals surface area contributed by atoms with Gasteiger partial charge in [-0.1, -0.05) is 0 Å². The number of amides is 2. The lowest BCUT2D eigenvalue weighted by Gasteiger charge is -2.31. The predicted molar refractivity (Wildman–Crippen MR) is 71.9 cm³/mol. The Labute approximate surface area is 118 Å². The molecule has 1 fully saturated rings. The van der Waals surface area contributed by atoms with Crippen molar-refractivity contribution in [3.63, 3.8) is 0 Å². The molecule has 19 heavy (non-hydrogen) atoms. The highest BCUT2D eigenvalue weighted by molar-refractivity contribution is 9.10. The Morgan fingerprint density at radius 1 is 1.32 bits per heavy atom. The molecule has 0 spiro atoms. The molecule has 1 aliphatic heterocycles. The molecule has 104 valence electrons. The smallest absolute Gasteiger partial charge is 0.314 e. The number of carbonyl (C=O) groups excluding carboxylic acids is 1. The van der Waals surface area contributed by atoms with Crippen LogP contribution in [0, 0.1) is 11.6 Å². The number of nitrogens with zero attached hydrogens (tertiary/aromatic N) is 1. The summed E-state index contributed by atoms with van der Waals surface area (Å²) in [4.78, 5) is 12.5. The van der Waals surface area contributed by atoms with E-state index < -0.39 is 17.7 Å². The van der Waals surface area contributed by atoms with E-state index in [0.29, 0.717) is 25.9 Å². The molecule has 0 unspecified atom stereocenters. The Bertz CT molecular complexity index is 490. The third-order valence-corrected chi connectivity index (χ3v) is 3.78. The number of halogens is 3. The van der Waals surface area contributed by atoms with Crippen LogP contribution in [0.5, 0.6) is 0 Å². The molecule has 0 aromatic heterocycles. The first-order chi connectivity index (χ1) is 8.97. The van der Waals surface area contributed by atoms with Crippen LogP contribution in [0.25, 0.3) is 0 Å². The normalized spacial score (nSPS) is 16.5. The molecule has 1 aliphatic rings. The number of hydrogen-bond donors (Lipinski definition) is 2. The Balaban J connectivity index is 1.99. The third kappa shape index (κ3) is 3.34. The third-order valence-electron chi connectivity index (χ3n) is 3.18. The highest BCUT2D eigenvalue weighted by atomic mass is 79.9. The van der Waals surface area contributed by atoms with Gasteiger partial charge in [0.15, 0.2) is 0 Å². The molecule has 2 amide bonds. The monoisotopic (exact) mass is 333 g/mol. The lowest BCUT2D eigenvalue weighted by molar-refractivity contribution is 0.193. The highest BCUT2D eigenvalue weighted by Crippen LogP contribution is 2.25. The molecule has 1 aromatic carbocycles. The van der Waals surface area contributed by atoms with Crippen molar-refractivity contribution >= 4 is 27.6 Å². The van der Waals surface area contributed by atoms with Crippen molar-refractivity contribution in [1.82, 2.24) is 4.90 Å². The Hall–Kier alpha value is -1.37. The van der Waals surface area contributed by atoms with E-state index in [1.807, 2.05) is 0 Å². The molecular weight excluding hydrogens is 320 g/mol. The average Bonchev–Trinajstić information content (AvgIpc) is 2.36. The van der Waals surface area contributed by atoms with E-state index in [1.165, 1.54) is 4.90 Å². The average molecular weight is 334 g/mol. The summed E-state index contributed by atoms with van der Waals surface area (Å²) in [5, 5.41) is 2.96. The largest absolute Gasteiger partial charge is 0.380 e. The molecule has 0 atom stereocenters. The molecule has 0 radical (unpaired) electrons. The first-order valence-electron chi connectivity index (χ1n) is 5.93. The highest BCUT2D eigenvalue weighted by Gasteiger charge is 2.22. The van der Waals surface area contributed by atoms with E-state index in [0.717, 1.165) is 12.1 Å². The van der Waals surface area contributed by atoms with E-state index in [9.17, 15) is 13.6 Å². The van der Waals surface area contributed by atoms with Crippen molar-refractivity contribution in [2.24, 2.45) is 5.73 Å². The minimum Gasteiger partial charge on any atom is -0.380 e. The second kappa shape index (κ2) is 5.73. The van der Waals surface area contributed by atoms with Crippen LogP contribution in [0.2, 0.25) is 0 Å². The minimum atomic E-state index is -0.515. The number of nitrogens with two attached hydrogens (primary N) is 1. The quantitative estimate of drug-likeness (QED) is 0.817. The van der Waals surface area contributed by atoms with Gasteiger partial charge in [0.1, 0.15) is 11.6 Å². The summed E-state index contributed by atoms with van der Waals surface area (Å²) in [6.45, 7) is 1.04. The van der Waals surface area contributed by atoms with Crippen LogP contribution >= 0.6 is 15.9 Å². The number of benzene rings is 1. The summed E-state index contributed by atoms with van der Waals surface area (Å²) in [6.07, 6.45) is 1.31. The molecule has 1 heterocycles. The first-order valence-corrected chi connectivity index (χ1v) is 6.72. The zero-order valence-corrected chi connectivity index (χ0v) is 11.7. The standard InChI is InChI=1S/C12H14BrF2N3O/c13-8-5-10(15)11(6-9(8)14)17-7-1-3-18(4-2-7)12(16)19/h5-7,17H,1-4H2,(H2,16,19). The van der Waals surface area contributed by atoms with Gasteiger partial charge in [-0.15, -0.1) is 0 Å². The van der Waals surface area contributed by atoms with Crippen molar-refractivity contribution in [2.75, 3.05) is 18.4 Å². The lowest BCUT2D eigenvalue weighted by atomic mass is 10.0. The van der Waals surface area contributed by atoms with Gasteiger partial charge >= 0.3 is 6.03 Å². The molecular formula is C12H14BrF2N3O. The molecule has 1 saturated heterocycles. The van der Waals surface area contributed by atoms with Crippen LogP contribution in [0.15, 0.2) is 16.6 Å². The van der Waals surface area contributed by atoms with Crippen molar-refractivity contribution in [3.8, 4) is 0 Å². The van der Waals surface area contributed by atoms with Crippen molar-refractivity contribution in [2.45, 2.75) is 18.9 Å². The number of hydrogen-bond acceptors (Lipinski definition) is 2. The minimum absolute atomic E-state index is 0.00526. The van der Waals surface area contributed by atoms with E-state index in [-0.39, 0.29) is 16.2 Å². The van der Waals surface area contributed by atoms with E-state index in [1.54, 1.807) is 0 Å². The summed E-state index contributed by atoms with van der Waals surface area (Å²) in [5.74, 6) is -1.02. The van der Waals surface area contributed by atoms with Gasteiger partial charge < -0.3 is 16.0 Å². The van der Waals surface area contributed by atoms with Crippen LogP contribution in [0.3, 0.4) is 0 Å². The lowest BCUT2D eigenvalue weighted by Crippen LogP contribution is -2.44. The summed E-state index contributed by atoms with van der Waals surface area (Å²) in [6, 6.07) is 1.78. The zero-order chi connectivity index (χ0) is 14.0. The SMILES string of the molecule is NC(=O)N1CCC(Nc2cc(F)c(Br)cc2F)CC1. The summed E-state index contributed by atoms with van der Waals surface area (Å²) < 4.78 is 27.1. The predicted octanol–water partition coefficient (Wildman–Crippen LogP) is 2.68. The molecule has 3 N–H and O–H groups in total. The molecule has 0 aliphatic carbocycles. The van der Waals surface area contributed by atoms with E-state index in [4.69, 9.17) is 5.73 Å². The van der Waals surface area contributed by atoms with Gasteiger partial charge in [0, 0.05) is 25.2 Å². The van der Waals surface area contributed by atoms with Gasteiger partial charge in [0.2, 0.25) is 0 Å². The first kappa shape index (κ1) is 14.0. The second-order valence-corrected chi connectivity index (χ2v) is 5.34. The maximum absolute atomic E-state index is 13.6. The van der Waals surface area contributed by atoms with Crippen LogP contribution < -0.4 is 11.1 Å². The van der Waals surface area contributed by atoms with Gasteiger partial charge in [-0.25, -0.2) is 13.6 Å². The number of nitrogens with one attached hydrogen (secondary N) is 1. The topological polar surface area (TPSA) is 58.4 Å². The van der Waals surface area contributed by atoms with Crippen LogP contribution in [0.1, 0.15) is 12.8 Å². The van der Waals surface area contributed by atoms with Crippen LogP contribution in [0.4, 0.5) is 19.3 Å². The van der Waals surface area contributed by atoms with Gasteiger partial charge in [0.25, 0.3) is 0 Å². The molecule has 0 saturated carbocycles. The summed E-state index contributed by atoms with van der Waals surface area (Å²) in [7, 11) is 0. The number of likely N-dealkylation sites (tertiary alicyclic amines) is 1. The maximum Gasteiger partial charge on any atom is 0.314 e. The van der Waals surface area contributed by atoms with Crippen molar-refractivity contribution < 1.29 is 13.6 Å². The fraction of sp³-hybridized carbons (Fsp3) is 0.417. The zero-order valence-electron chi connectivity index (χ0n) is 10.1. The maximum atomic E-state index is 13.6. The Morgan fingerprint density at radius 2 is 1.95 bits per heavy atom. The van der Waals surface area contributed by atoms with E-state index >= 15 is 0 Å². The number of piperidine rings is 1. The van der Waals surface area contributed by atoms with Gasteiger partial charge in [0.05, 0.1) is 10.2 Å². The van der Waals surface area contributed by atoms with Crippen LogP contribution in [-0.2, 0) is 0 Å². The number of rotatable bonds is 2. The molecule has 2 rings (SSSR count). The number of primary amides is 1. The molecule has 0 bridgehead atoms. The van der Waals surface area contributed by atoms with Crippen molar-refractivity contribution in [1.29, 1.82) is 0 Å². The summed E-state index contributed by atoms with van der Waals surface area (Å²) >= 11 is 2.93. The van der Waals surface area contributed by atoms with Gasteiger partial charge in [-0.3, -0.25) is 0 Å². The fourth-order valence-corrected chi connectivity index (χ4v) is 2.41. The molecule has 7 heteroatoms. The number of urea groups is 1. The fourth-order valence-electron chi connectivity index (χ4n) is 2.10. The molecule has 4 nitrogen and oxygen atoms in total. The van der Waals surface area contributed by atoms with Crippen molar-refractivity contribution in [3.05, 3.63) is 28.2 Å². The Kier molecular flexibility index (Phi) is 4.24. The molecule has 1 aromatic rings. The summed E-state index contributed by atoms with van der Waals surface area (Å²) in [5.41, 5.74) is 5.31. The van der Waals surface area contributed by atoms with Crippen LogP contribution in [-0.4, -0.2) is 30.1 Å². The number of anilines is 1. The second-order valence-electron chi connectivity index (χ2n) is 4.49.